The minimum atomic E-state index is -5.04. The molecule has 1 aliphatic rings. The number of pyridine rings is 1. The minimum Gasteiger partial charge on any atom is -0.432 e. The summed E-state index contributed by atoms with van der Waals surface area (Å²) >= 11 is 0. The molecule has 4 rings (SSSR count). The lowest BCUT2D eigenvalue weighted by Gasteiger charge is -2.20. The van der Waals surface area contributed by atoms with Crippen LogP contribution in [0, 0.1) is 24.6 Å². The smallest absolute Gasteiger partial charge is 0.432 e. The van der Waals surface area contributed by atoms with Gasteiger partial charge in [-0.1, -0.05) is 6.07 Å². The molecule has 2 aromatic heterocycles. The molecule has 1 aromatic carbocycles. The SMILES string of the molecule is Cc1cc(C2(C(F)(F)F)CC2)nc(F)c1Oc1nnc(C(F)(F)F)c(C)c1C(=O)Nc1cccc(S(C)(=N)=O)c1. The van der Waals surface area contributed by atoms with Crippen molar-refractivity contribution in [3.8, 4) is 11.6 Å². The molecule has 1 unspecified atom stereocenters. The molecule has 1 saturated carbocycles. The molecule has 0 saturated heterocycles. The van der Waals surface area contributed by atoms with Crippen LogP contribution in [0.25, 0.3) is 0 Å². The van der Waals surface area contributed by atoms with Gasteiger partial charge < -0.3 is 10.1 Å². The third-order valence-electron chi connectivity index (χ3n) is 6.32. The van der Waals surface area contributed by atoms with Crippen LogP contribution >= 0.6 is 0 Å². The van der Waals surface area contributed by atoms with Crippen molar-refractivity contribution in [2.75, 3.05) is 11.6 Å². The number of rotatable bonds is 6. The fourth-order valence-electron chi connectivity index (χ4n) is 4.01. The zero-order chi connectivity index (χ0) is 29.8. The molecule has 1 fully saturated rings. The second-order valence-corrected chi connectivity index (χ2v) is 11.5. The summed E-state index contributed by atoms with van der Waals surface area (Å²) in [5.74, 6) is -4.31. The number of amides is 1. The van der Waals surface area contributed by atoms with Gasteiger partial charge in [0.2, 0.25) is 0 Å². The molecule has 16 heteroatoms. The summed E-state index contributed by atoms with van der Waals surface area (Å²) in [4.78, 5) is 16.6. The number of ether oxygens (including phenoxy) is 1. The van der Waals surface area contributed by atoms with E-state index in [2.05, 4.69) is 20.5 Å². The Morgan fingerprint density at radius 1 is 1.10 bits per heavy atom. The molecule has 1 atom stereocenters. The highest BCUT2D eigenvalue weighted by Crippen LogP contribution is 2.58. The minimum absolute atomic E-state index is 0.0264. The maximum atomic E-state index is 15.0. The van der Waals surface area contributed by atoms with Crippen LogP contribution in [0.5, 0.6) is 11.6 Å². The summed E-state index contributed by atoms with van der Waals surface area (Å²) < 4.78 is 121. The fourth-order valence-corrected chi connectivity index (χ4v) is 4.70. The molecule has 0 spiro atoms. The number of anilines is 1. The lowest BCUT2D eigenvalue weighted by molar-refractivity contribution is -0.161. The van der Waals surface area contributed by atoms with Crippen molar-refractivity contribution in [3.63, 3.8) is 0 Å². The van der Waals surface area contributed by atoms with Crippen molar-refractivity contribution in [1.29, 1.82) is 4.78 Å². The van der Waals surface area contributed by atoms with Gasteiger partial charge in [-0.25, -0.2) is 14.0 Å². The highest BCUT2D eigenvalue weighted by Gasteiger charge is 2.65. The number of hydrogen-bond acceptors (Lipinski definition) is 7. The summed E-state index contributed by atoms with van der Waals surface area (Å²) in [6.45, 7) is 2.11. The molecule has 0 radical (unpaired) electrons. The van der Waals surface area contributed by atoms with E-state index in [0.717, 1.165) is 19.2 Å². The molecule has 40 heavy (non-hydrogen) atoms. The first-order valence-electron chi connectivity index (χ1n) is 11.4. The molecule has 0 aliphatic heterocycles. The molecule has 2 N–H and O–H groups in total. The second-order valence-electron chi connectivity index (χ2n) is 9.30. The Balaban J connectivity index is 1.77. The number of aryl methyl sites for hydroxylation is 1. The number of carbonyl (C=O) groups excluding carboxylic acids is 1. The third-order valence-corrected chi connectivity index (χ3v) is 7.47. The molecule has 1 aliphatic carbocycles. The number of hydrogen-bond donors (Lipinski definition) is 2. The first-order chi connectivity index (χ1) is 18.3. The number of halogens is 7. The van der Waals surface area contributed by atoms with Crippen LogP contribution in [0.15, 0.2) is 35.2 Å². The van der Waals surface area contributed by atoms with Gasteiger partial charge in [0.05, 0.1) is 15.4 Å². The van der Waals surface area contributed by atoms with Crippen LogP contribution < -0.4 is 10.1 Å². The van der Waals surface area contributed by atoms with Gasteiger partial charge in [0.25, 0.3) is 17.7 Å². The molecular formula is C24H20F7N5O3S. The molecule has 214 valence electrons. The maximum Gasteiger partial charge on any atom is 0.435 e. The van der Waals surface area contributed by atoms with Crippen molar-refractivity contribution in [2.24, 2.45) is 0 Å². The Hall–Kier alpha value is -3.82. The summed E-state index contributed by atoms with van der Waals surface area (Å²) in [7, 11) is -3.20. The first-order valence-corrected chi connectivity index (χ1v) is 13.3. The number of benzene rings is 1. The molecule has 8 nitrogen and oxygen atoms in total. The van der Waals surface area contributed by atoms with Gasteiger partial charge in [0.1, 0.15) is 11.0 Å². The van der Waals surface area contributed by atoms with Crippen molar-refractivity contribution in [1.82, 2.24) is 15.2 Å². The van der Waals surface area contributed by atoms with E-state index in [1.165, 1.54) is 31.2 Å². The average Bonchev–Trinajstić information content (AvgIpc) is 3.62. The van der Waals surface area contributed by atoms with Gasteiger partial charge in [0, 0.05) is 16.8 Å². The van der Waals surface area contributed by atoms with Crippen LogP contribution in [0.2, 0.25) is 0 Å². The predicted molar refractivity (Wildman–Crippen MR) is 127 cm³/mol. The summed E-state index contributed by atoms with van der Waals surface area (Å²) in [6, 6.07) is 6.18. The van der Waals surface area contributed by atoms with Gasteiger partial charge in [-0.3, -0.25) is 4.79 Å². The number of nitrogens with zero attached hydrogens (tertiary/aromatic N) is 3. The maximum absolute atomic E-state index is 15.0. The van der Waals surface area contributed by atoms with E-state index in [9.17, 15) is 39.7 Å². The van der Waals surface area contributed by atoms with Gasteiger partial charge in [-0.15, -0.1) is 10.2 Å². The molecule has 1 amide bonds. The predicted octanol–water partition coefficient (Wildman–Crippen LogP) is 6.32. The lowest BCUT2D eigenvalue weighted by atomic mass is 9.99. The zero-order valence-corrected chi connectivity index (χ0v) is 21.7. The van der Waals surface area contributed by atoms with Crippen molar-refractivity contribution >= 4 is 21.3 Å². The third kappa shape index (κ3) is 5.44. The average molecular weight is 592 g/mol. The van der Waals surface area contributed by atoms with Crippen LogP contribution in [-0.4, -0.2) is 37.7 Å². The lowest BCUT2D eigenvalue weighted by Crippen LogP contribution is -2.30. The largest absolute Gasteiger partial charge is 0.435 e. The molecule has 3 aromatic rings. The van der Waals surface area contributed by atoms with Crippen molar-refractivity contribution < 1.29 is 44.5 Å². The highest BCUT2D eigenvalue weighted by molar-refractivity contribution is 7.91. The number of alkyl halides is 6. The van der Waals surface area contributed by atoms with Crippen LogP contribution in [-0.2, 0) is 21.3 Å². The number of carbonyl (C=O) groups is 1. The van der Waals surface area contributed by atoms with E-state index in [0.29, 0.717) is 0 Å². The zero-order valence-electron chi connectivity index (χ0n) is 20.9. The standard InChI is InChI=1S/C24H20F7N5O3S/c1-11-9-15(22(7-8-22)24(29,30)31)34-19(25)17(11)39-21-16(12(2)18(35-36-21)23(26,27)28)20(37)33-13-5-4-6-14(10-13)40(3,32)38/h4-6,9-10,32H,7-8H2,1-3H3,(H,33,37). The van der Waals surface area contributed by atoms with Crippen molar-refractivity contribution in [2.45, 2.75) is 49.4 Å². The van der Waals surface area contributed by atoms with Gasteiger partial charge in [-0.2, -0.15) is 30.7 Å². The van der Waals surface area contributed by atoms with E-state index >= 15 is 0 Å². The van der Waals surface area contributed by atoms with E-state index in [4.69, 9.17) is 9.52 Å². The quantitative estimate of drug-likeness (QED) is 0.256. The summed E-state index contributed by atoms with van der Waals surface area (Å²) in [5, 5.41) is 8.69. The Morgan fingerprint density at radius 2 is 1.75 bits per heavy atom. The molecule has 2 heterocycles. The summed E-state index contributed by atoms with van der Waals surface area (Å²) in [6.07, 6.45) is -9.16. The molecule has 0 bridgehead atoms. The first kappa shape index (κ1) is 29.2. The second kappa shape index (κ2) is 9.67. The van der Waals surface area contributed by atoms with E-state index in [-0.39, 0.29) is 29.0 Å². The van der Waals surface area contributed by atoms with Gasteiger partial charge in [0.15, 0.2) is 11.4 Å². The number of nitrogens with one attached hydrogen (secondary N) is 2. The van der Waals surface area contributed by atoms with E-state index in [1.54, 1.807) is 0 Å². The Labute approximate surface area is 223 Å². The van der Waals surface area contributed by atoms with Crippen LogP contribution in [0.3, 0.4) is 0 Å². The van der Waals surface area contributed by atoms with Gasteiger partial charge in [-0.05, 0) is 62.1 Å². The van der Waals surface area contributed by atoms with E-state index in [1.807, 2.05) is 0 Å². The van der Waals surface area contributed by atoms with Crippen LogP contribution in [0.1, 0.15) is 45.7 Å². The number of aromatic nitrogens is 3. The normalized spacial score (nSPS) is 16.2. The Kier molecular flexibility index (Phi) is 7.05. The van der Waals surface area contributed by atoms with Crippen LogP contribution in [0.4, 0.5) is 36.4 Å². The van der Waals surface area contributed by atoms with Gasteiger partial charge >= 0.3 is 12.4 Å². The Bertz CT molecular complexity index is 1600. The van der Waals surface area contributed by atoms with Crippen molar-refractivity contribution in [3.05, 3.63) is 64.4 Å². The Morgan fingerprint density at radius 3 is 2.27 bits per heavy atom. The van der Waals surface area contributed by atoms with E-state index < -0.39 is 73.5 Å². The fraction of sp³-hybridized carbons (Fsp3) is 0.333. The highest BCUT2D eigenvalue weighted by atomic mass is 32.2. The molecular weight excluding hydrogens is 571 g/mol. The monoisotopic (exact) mass is 591 g/mol. The summed E-state index contributed by atoms with van der Waals surface area (Å²) in [5.41, 5.74) is -6.15. The topological polar surface area (TPSA) is 118 Å².